The number of carbonyl (C=O) groups is 1. The van der Waals surface area contributed by atoms with Crippen LogP contribution >= 0.6 is 11.6 Å². The second-order valence-electron chi connectivity index (χ2n) is 7.01. The van der Waals surface area contributed by atoms with Crippen LogP contribution in [0, 0.1) is 0 Å². The van der Waals surface area contributed by atoms with Gasteiger partial charge in [-0.3, -0.25) is 4.79 Å². The number of amides is 1. The van der Waals surface area contributed by atoms with Crippen molar-refractivity contribution in [2.75, 3.05) is 25.5 Å². The van der Waals surface area contributed by atoms with Gasteiger partial charge in [0, 0.05) is 11.6 Å². The number of hydrogen-bond acceptors (Lipinski definition) is 4. The monoisotopic (exact) mass is 410 g/mol. The Balaban J connectivity index is 1.70. The molecule has 1 amide bonds. The maximum atomic E-state index is 13.1. The Hall–Kier alpha value is -2.83. The number of hydrogen-bond donors (Lipinski definition) is 2. The van der Waals surface area contributed by atoms with Gasteiger partial charge in [0.15, 0.2) is 0 Å². The predicted molar refractivity (Wildman–Crippen MR) is 114 cm³/mol. The van der Waals surface area contributed by atoms with Crippen molar-refractivity contribution in [3.8, 4) is 11.4 Å². The molecule has 1 fully saturated rings. The predicted octanol–water partition coefficient (Wildman–Crippen LogP) is 4.25. The zero-order valence-electron chi connectivity index (χ0n) is 16.2. The van der Waals surface area contributed by atoms with Crippen LogP contribution < -0.4 is 15.4 Å². The molecule has 2 aromatic carbocycles. The number of aromatic nitrogens is 2. The average Bonchev–Trinajstić information content (AvgIpc) is 3.20. The summed E-state index contributed by atoms with van der Waals surface area (Å²) in [6.45, 7) is 1.83. The molecule has 2 N–H and O–H groups in total. The van der Waals surface area contributed by atoms with Gasteiger partial charge in [-0.15, -0.1) is 0 Å². The number of nitrogens with zero attached hydrogens (tertiary/aromatic N) is 2. The fraction of sp³-hybridized carbons (Fsp3) is 0.273. The lowest BCUT2D eigenvalue weighted by molar-refractivity contribution is 0.102. The number of rotatable bonds is 5. The summed E-state index contributed by atoms with van der Waals surface area (Å²) >= 11 is 6.43. The van der Waals surface area contributed by atoms with Crippen molar-refractivity contribution >= 4 is 23.2 Å². The number of para-hydroxylation sites is 1. The minimum Gasteiger partial charge on any atom is -0.497 e. The molecule has 1 aliphatic heterocycles. The van der Waals surface area contributed by atoms with Gasteiger partial charge in [0.05, 0.1) is 35.3 Å². The van der Waals surface area contributed by atoms with E-state index in [4.69, 9.17) is 16.3 Å². The molecule has 1 aromatic heterocycles. The van der Waals surface area contributed by atoms with Gasteiger partial charge in [-0.05, 0) is 62.3 Å². The summed E-state index contributed by atoms with van der Waals surface area (Å²) < 4.78 is 7.00. The lowest BCUT2D eigenvalue weighted by atomic mass is 9.91. The minimum atomic E-state index is -0.179. The summed E-state index contributed by atoms with van der Waals surface area (Å²) in [6.07, 6.45) is 3.53. The molecule has 4 rings (SSSR count). The van der Waals surface area contributed by atoms with E-state index in [2.05, 4.69) is 15.7 Å². The number of nitrogens with one attached hydrogen (secondary N) is 2. The van der Waals surface area contributed by atoms with Crippen molar-refractivity contribution in [3.05, 3.63) is 71.0 Å². The second-order valence-corrected chi connectivity index (χ2v) is 7.42. The molecule has 3 aromatic rings. The molecule has 7 heteroatoms. The van der Waals surface area contributed by atoms with E-state index in [0.717, 1.165) is 43.1 Å². The van der Waals surface area contributed by atoms with Crippen molar-refractivity contribution in [1.82, 2.24) is 15.1 Å². The fourth-order valence-corrected chi connectivity index (χ4v) is 3.93. The molecule has 0 saturated carbocycles. The third-order valence-electron chi connectivity index (χ3n) is 5.21. The van der Waals surface area contributed by atoms with E-state index in [9.17, 15) is 4.79 Å². The molecule has 0 spiro atoms. The molecule has 2 heterocycles. The Bertz CT molecular complexity index is 994. The molecule has 0 bridgehead atoms. The third-order valence-corrected chi connectivity index (χ3v) is 5.53. The van der Waals surface area contributed by atoms with Gasteiger partial charge < -0.3 is 15.4 Å². The first kappa shape index (κ1) is 19.5. The zero-order chi connectivity index (χ0) is 20.2. The van der Waals surface area contributed by atoms with Crippen molar-refractivity contribution in [2.24, 2.45) is 0 Å². The standard InChI is InChI=1S/C22H23ClN4O2/c1-29-17-8-6-16(7-9-17)26-22(28)18-14-25-27(20-5-3-2-4-19(20)23)21(18)15-10-12-24-13-11-15/h2-9,14-15,24H,10-13H2,1H3,(H,26,28). The normalized spacial score (nSPS) is 14.6. The Morgan fingerprint density at radius 1 is 1.17 bits per heavy atom. The average molecular weight is 411 g/mol. The van der Waals surface area contributed by atoms with E-state index < -0.39 is 0 Å². The molecule has 6 nitrogen and oxygen atoms in total. The maximum Gasteiger partial charge on any atom is 0.259 e. The van der Waals surface area contributed by atoms with Crippen molar-refractivity contribution in [3.63, 3.8) is 0 Å². The van der Waals surface area contributed by atoms with Gasteiger partial charge in [-0.25, -0.2) is 4.68 Å². The van der Waals surface area contributed by atoms with E-state index in [1.807, 2.05) is 53.2 Å². The maximum absolute atomic E-state index is 13.1. The summed E-state index contributed by atoms with van der Waals surface area (Å²) in [6, 6.07) is 14.8. The molecule has 1 aliphatic rings. The van der Waals surface area contributed by atoms with Crippen LogP contribution in [-0.4, -0.2) is 35.9 Å². The highest BCUT2D eigenvalue weighted by Gasteiger charge is 2.27. The number of halogens is 1. The lowest BCUT2D eigenvalue weighted by Gasteiger charge is -2.25. The number of anilines is 1. The fourth-order valence-electron chi connectivity index (χ4n) is 3.71. The van der Waals surface area contributed by atoms with Crippen LogP contribution in [0.25, 0.3) is 5.69 Å². The second kappa shape index (κ2) is 8.68. The molecule has 0 atom stereocenters. The molecule has 0 radical (unpaired) electrons. The van der Waals surface area contributed by atoms with E-state index >= 15 is 0 Å². The summed E-state index contributed by atoms with van der Waals surface area (Å²) in [5, 5.41) is 11.5. The number of benzene rings is 2. The summed E-state index contributed by atoms with van der Waals surface area (Å²) in [4.78, 5) is 13.1. The van der Waals surface area contributed by atoms with Crippen LogP contribution in [0.5, 0.6) is 5.75 Å². The zero-order valence-corrected chi connectivity index (χ0v) is 16.9. The van der Waals surface area contributed by atoms with Gasteiger partial charge in [-0.2, -0.15) is 5.10 Å². The Morgan fingerprint density at radius 3 is 2.59 bits per heavy atom. The third kappa shape index (κ3) is 4.13. The van der Waals surface area contributed by atoms with Gasteiger partial charge in [0.2, 0.25) is 0 Å². The van der Waals surface area contributed by atoms with E-state index in [-0.39, 0.29) is 11.8 Å². The van der Waals surface area contributed by atoms with Crippen LogP contribution in [0.1, 0.15) is 34.8 Å². The highest BCUT2D eigenvalue weighted by molar-refractivity contribution is 6.32. The van der Waals surface area contributed by atoms with Gasteiger partial charge >= 0.3 is 0 Å². The summed E-state index contributed by atoms with van der Waals surface area (Å²) in [5.74, 6) is 0.790. The van der Waals surface area contributed by atoms with Crippen LogP contribution in [0.2, 0.25) is 5.02 Å². The van der Waals surface area contributed by atoms with Crippen molar-refractivity contribution in [2.45, 2.75) is 18.8 Å². The number of methoxy groups -OCH3 is 1. The smallest absolute Gasteiger partial charge is 0.259 e. The number of ether oxygens (including phenoxy) is 1. The SMILES string of the molecule is COc1ccc(NC(=O)c2cnn(-c3ccccc3Cl)c2C2CCNCC2)cc1. The highest BCUT2D eigenvalue weighted by atomic mass is 35.5. The topological polar surface area (TPSA) is 68.2 Å². The number of piperidine rings is 1. The molecule has 29 heavy (non-hydrogen) atoms. The van der Waals surface area contributed by atoms with E-state index in [1.54, 1.807) is 13.3 Å². The Morgan fingerprint density at radius 2 is 1.90 bits per heavy atom. The first-order valence-corrected chi connectivity index (χ1v) is 10.0. The van der Waals surface area contributed by atoms with Gasteiger partial charge in [0.25, 0.3) is 5.91 Å². The molecule has 150 valence electrons. The minimum absolute atomic E-state index is 0.179. The van der Waals surface area contributed by atoms with Crippen LogP contribution in [0.3, 0.4) is 0 Å². The van der Waals surface area contributed by atoms with Crippen LogP contribution in [0.15, 0.2) is 54.7 Å². The first-order valence-electron chi connectivity index (χ1n) is 9.66. The molecule has 0 unspecified atom stereocenters. The number of carbonyl (C=O) groups excluding carboxylic acids is 1. The van der Waals surface area contributed by atoms with Gasteiger partial charge in [0.1, 0.15) is 5.75 Å². The molecule has 0 aliphatic carbocycles. The van der Waals surface area contributed by atoms with E-state index in [1.165, 1.54) is 0 Å². The van der Waals surface area contributed by atoms with Gasteiger partial charge in [-0.1, -0.05) is 23.7 Å². The molecule has 1 saturated heterocycles. The highest BCUT2D eigenvalue weighted by Crippen LogP contribution is 2.32. The van der Waals surface area contributed by atoms with Crippen LogP contribution in [0.4, 0.5) is 5.69 Å². The van der Waals surface area contributed by atoms with Crippen molar-refractivity contribution < 1.29 is 9.53 Å². The lowest BCUT2D eigenvalue weighted by Crippen LogP contribution is -2.29. The summed E-state index contributed by atoms with van der Waals surface area (Å²) in [7, 11) is 1.61. The first-order chi connectivity index (χ1) is 14.2. The van der Waals surface area contributed by atoms with Crippen molar-refractivity contribution in [1.29, 1.82) is 0 Å². The largest absolute Gasteiger partial charge is 0.497 e. The molecular formula is C22H23ClN4O2. The molecular weight excluding hydrogens is 388 g/mol. The van der Waals surface area contributed by atoms with E-state index in [0.29, 0.717) is 16.3 Å². The van der Waals surface area contributed by atoms with Crippen LogP contribution in [-0.2, 0) is 0 Å². The Kier molecular flexibility index (Phi) is 5.83. The Labute approximate surface area is 174 Å². The quantitative estimate of drug-likeness (QED) is 0.659. The summed E-state index contributed by atoms with van der Waals surface area (Å²) in [5.41, 5.74) is 2.97.